The second-order valence-corrected chi connectivity index (χ2v) is 10.4. The molecule has 7 nitrogen and oxygen atoms in total. The van der Waals surface area contributed by atoms with Crippen LogP contribution in [-0.4, -0.2) is 36.3 Å². The van der Waals surface area contributed by atoms with Crippen LogP contribution >= 0.6 is 0 Å². The summed E-state index contributed by atoms with van der Waals surface area (Å²) in [6.07, 6.45) is 11.9. The first-order chi connectivity index (χ1) is 17.1. The van der Waals surface area contributed by atoms with Gasteiger partial charge >= 0.3 is 0 Å². The largest absolute Gasteiger partial charge is 0.373 e. The minimum Gasteiger partial charge on any atom is -0.373 e. The van der Waals surface area contributed by atoms with Gasteiger partial charge in [-0.3, -0.25) is 4.68 Å². The first-order valence-electron chi connectivity index (χ1n) is 12.9. The van der Waals surface area contributed by atoms with Crippen molar-refractivity contribution in [2.45, 2.75) is 76.9 Å². The Bertz CT molecular complexity index is 1440. The van der Waals surface area contributed by atoms with Crippen molar-refractivity contribution < 1.29 is 4.74 Å². The van der Waals surface area contributed by atoms with Gasteiger partial charge in [0.15, 0.2) is 5.65 Å². The highest BCUT2D eigenvalue weighted by Crippen LogP contribution is 2.40. The van der Waals surface area contributed by atoms with Crippen molar-refractivity contribution in [3.05, 3.63) is 64.5 Å². The lowest BCUT2D eigenvalue weighted by atomic mass is 9.92. The van der Waals surface area contributed by atoms with Crippen molar-refractivity contribution in [3.8, 4) is 11.3 Å². The maximum absolute atomic E-state index is 6.18. The van der Waals surface area contributed by atoms with E-state index in [-0.39, 0.29) is 12.0 Å². The van der Waals surface area contributed by atoms with Gasteiger partial charge < -0.3 is 4.74 Å². The van der Waals surface area contributed by atoms with Gasteiger partial charge in [0.25, 0.3) is 0 Å². The van der Waals surface area contributed by atoms with E-state index in [2.05, 4.69) is 34.2 Å². The molecule has 7 rings (SSSR count). The van der Waals surface area contributed by atoms with E-state index < -0.39 is 0 Å². The van der Waals surface area contributed by atoms with E-state index in [4.69, 9.17) is 24.7 Å². The molecule has 4 heterocycles. The Kier molecular flexibility index (Phi) is 4.94. The molecule has 7 heteroatoms. The lowest BCUT2D eigenvalue weighted by Gasteiger charge is -2.28. The Hall–Kier alpha value is -3.19. The van der Waals surface area contributed by atoms with Crippen LogP contribution in [0.15, 0.2) is 30.6 Å². The Morgan fingerprint density at radius 2 is 1.80 bits per heavy atom. The van der Waals surface area contributed by atoms with Crippen molar-refractivity contribution in [1.82, 2.24) is 29.7 Å². The van der Waals surface area contributed by atoms with Crippen LogP contribution in [0.25, 0.3) is 22.4 Å². The number of aryl methyl sites for hydroxylation is 4. The Morgan fingerprint density at radius 1 is 0.943 bits per heavy atom. The molecule has 3 aliphatic rings. The third kappa shape index (κ3) is 3.82. The Morgan fingerprint density at radius 3 is 2.69 bits per heavy atom. The number of aromatic nitrogens is 6. The quantitative estimate of drug-likeness (QED) is 0.403. The summed E-state index contributed by atoms with van der Waals surface area (Å²) >= 11 is 0. The molecule has 1 aromatic carbocycles. The molecule has 4 aromatic rings. The van der Waals surface area contributed by atoms with Gasteiger partial charge in [-0.25, -0.2) is 19.9 Å². The summed E-state index contributed by atoms with van der Waals surface area (Å²) in [4.78, 5) is 19.9. The third-order valence-electron chi connectivity index (χ3n) is 7.89. The van der Waals surface area contributed by atoms with E-state index in [1.165, 1.54) is 36.8 Å². The number of hydrogen-bond donors (Lipinski definition) is 0. The van der Waals surface area contributed by atoms with Gasteiger partial charge in [-0.05, 0) is 76.0 Å². The molecular formula is C28H30N6O. The van der Waals surface area contributed by atoms with Crippen LogP contribution in [0.2, 0.25) is 0 Å². The summed E-state index contributed by atoms with van der Waals surface area (Å²) in [6.45, 7) is 4.70. The second kappa shape index (κ2) is 8.19. The fourth-order valence-electron chi connectivity index (χ4n) is 5.55. The molecule has 178 valence electrons. The van der Waals surface area contributed by atoms with Crippen LogP contribution in [0, 0.1) is 13.8 Å². The Labute approximate surface area is 205 Å². The molecular weight excluding hydrogens is 436 g/mol. The standard InChI is InChI=1S/C28H30N6O/c1-16-17(2)31-28-26(30-16)25(20-7-6-18-4-3-5-19(18)12-20)32-27(33-28)21-10-11-35-24(13-21)22-14-29-34(15-22)23-8-9-23/h6-7,12,14-15,21,23-24H,3-5,8-11,13H2,1-2H3. The predicted molar refractivity (Wildman–Crippen MR) is 133 cm³/mol. The maximum Gasteiger partial charge on any atom is 0.182 e. The molecule has 2 aliphatic carbocycles. The molecule has 1 saturated carbocycles. The summed E-state index contributed by atoms with van der Waals surface area (Å²) in [5.41, 5.74) is 9.41. The number of benzene rings is 1. The van der Waals surface area contributed by atoms with Crippen LogP contribution in [0.1, 0.15) is 84.1 Å². The molecule has 0 N–H and O–H groups in total. The smallest absolute Gasteiger partial charge is 0.182 e. The predicted octanol–water partition coefficient (Wildman–Crippen LogP) is 5.36. The maximum atomic E-state index is 6.18. The fourth-order valence-corrected chi connectivity index (χ4v) is 5.55. The second-order valence-electron chi connectivity index (χ2n) is 10.4. The van der Waals surface area contributed by atoms with Crippen LogP contribution in [0.4, 0.5) is 0 Å². The zero-order chi connectivity index (χ0) is 23.5. The average molecular weight is 467 g/mol. The SMILES string of the molecule is Cc1nc2nc(C3CCOC(c4cnn(C5CC5)c4)C3)nc(-c3ccc4c(c3)CCC4)c2nc1C. The molecule has 0 bridgehead atoms. The molecule has 2 fully saturated rings. The van der Waals surface area contributed by atoms with Crippen LogP contribution in [0.3, 0.4) is 0 Å². The highest BCUT2D eigenvalue weighted by atomic mass is 16.5. The first kappa shape index (κ1) is 21.1. The summed E-state index contributed by atoms with van der Waals surface area (Å²) < 4.78 is 8.28. The van der Waals surface area contributed by atoms with Gasteiger partial charge in [0.1, 0.15) is 17.0 Å². The minimum absolute atomic E-state index is 0.0230. The zero-order valence-electron chi connectivity index (χ0n) is 20.4. The van der Waals surface area contributed by atoms with E-state index >= 15 is 0 Å². The number of nitrogens with zero attached hydrogens (tertiary/aromatic N) is 6. The molecule has 3 aromatic heterocycles. The molecule has 2 atom stereocenters. The number of fused-ring (bicyclic) bond motifs is 2. The van der Waals surface area contributed by atoms with E-state index in [0.29, 0.717) is 18.3 Å². The monoisotopic (exact) mass is 466 g/mol. The van der Waals surface area contributed by atoms with Crippen molar-refractivity contribution in [2.24, 2.45) is 0 Å². The van der Waals surface area contributed by atoms with Crippen LogP contribution < -0.4 is 0 Å². The molecule has 0 spiro atoms. The minimum atomic E-state index is 0.0230. The average Bonchev–Trinajstić information content (AvgIpc) is 3.41. The highest BCUT2D eigenvalue weighted by molar-refractivity contribution is 5.87. The van der Waals surface area contributed by atoms with Gasteiger partial charge in [-0.15, -0.1) is 0 Å². The van der Waals surface area contributed by atoms with Gasteiger partial charge in [0.05, 0.1) is 29.7 Å². The third-order valence-corrected chi connectivity index (χ3v) is 7.89. The number of hydrogen-bond acceptors (Lipinski definition) is 6. The molecule has 1 saturated heterocycles. The van der Waals surface area contributed by atoms with Gasteiger partial charge in [-0.2, -0.15) is 5.10 Å². The lowest BCUT2D eigenvalue weighted by Crippen LogP contribution is -2.20. The van der Waals surface area contributed by atoms with Crippen molar-refractivity contribution in [3.63, 3.8) is 0 Å². The van der Waals surface area contributed by atoms with Gasteiger partial charge in [0, 0.05) is 29.8 Å². The van der Waals surface area contributed by atoms with Crippen molar-refractivity contribution in [1.29, 1.82) is 0 Å². The normalized spacial score (nSPS) is 22.0. The van der Waals surface area contributed by atoms with Crippen LogP contribution in [0.5, 0.6) is 0 Å². The number of ether oxygens (including phenoxy) is 1. The highest BCUT2D eigenvalue weighted by Gasteiger charge is 2.31. The molecule has 2 unspecified atom stereocenters. The van der Waals surface area contributed by atoms with Crippen molar-refractivity contribution in [2.75, 3.05) is 6.61 Å². The van der Waals surface area contributed by atoms with Gasteiger partial charge in [-0.1, -0.05) is 12.1 Å². The van der Waals surface area contributed by atoms with E-state index in [1.54, 1.807) is 0 Å². The topological polar surface area (TPSA) is 78.6 Å². The van der Waals surface area contributed by atoms with E-state index in [0.717, 1.165) is 58.8 Å². The zero-order valence-corrected chi connectivity index (χ0v) is 20.4. The molecule has 1 aliphatic heterocycles. The van der Waals surface area contributed by atoms with Gasteiger partial charge in [0.2, 0.25) is 0 Å². The van der Waals surface area contributed by atoms with E-state index in [1.807, 2.05) is 20.0 Å². The summed E-state index contributed by atoms with van der Waals surface area (Å²) in [5, 5.41) is 4.58. The molecule has 0 radical (unpaired) electrons. The Balaban J connectivity index is 1.29. The summed E-state index contributed by atoms with van der Waals surface area (Å²) in [6, 6.07) is 7.35. The lowest BCUT2D eigenvalue weighted by molar-refractivity contribution is 0.00396. The summed E-state index contributed by atoms with van der Waals surface area (Å²) in [5.74, 6) is 1.06. The first-order valence-corrected chi connectivity index (χ1v) is 12.9. The van der Waals surface area contributed by atoms with E-state index in [9.17, 15) is 0 Å². The fraction of sp³-hybridized carbons (Fsp3) is 0.464. The summed E-state index contributed by atoms with van der Waals surface area (Å²) in [7, 11) is 0. The molecule has 35 heavy (non-hydrogen) atoms. The van der Waals surface area contributed by atoms with Crippen LogP contribution in [-0.2, 0) is 17.6 Å². The molecule has 0 amide bonds. The van der Waals surface area contributed by atoms with Crippen molar-refractivity contribution >= 4 is 11.2 Å². The number of rotatable bonds is 4.